The lowest BCUT2D eigenvalue weighted by molar-refractivity contribution is 0.447. The van der Waals surface area contributed by atoms with Crippen molar-refractivity contribution in [1.29, 1.82) is 0 Å². The zero-order valence-electron chi connectivity index (χ0n) is 17.2. The van der Waals surface area contributed by atoms with E-state index in [1.54, 1.807) is 6.20 Å². The Hall–Kier alpha value is -2.99. The van der Waals surface area contributed by atoms with Gasteiger partial charge in [-0.25, -0.2) is 0 Å². The number of phenolic OH excluding ortho intramolecular Hbond substituents is 2. The molecular formula is C23H30N4O2. The second-order valence-corrected chi connectivity index (χ2v) is 7.28. The Morgan fingerprint density at radius 2 is 2.00 bits per heavy atom. The summed E-state index contributed by atoms with van der Waals surface area (Å²) in [5, 5.41) is 31.5. The largest absolute Gasteiger partial charge is 0.508 e. The molecule has 2 heterocycles. The van der Waals surface area contributed by atoms with Gasteiger partial charge in [0.25, 0.3) is 0 Å². The van der Waals surface area contributed by atoms with Crippen LogP contribution in [0, 0.1) is 0 Å². The van der Waals surface area contributed by atoms with Crippen molar-refractivity contribution >= 4 is 5.69 Å². The van der Waals surface area contributed by atoms with E-state index in [9.17, 15) is 10.2 Å². The Bertz CT molecular complexity index is 921. The first-order valence-corrected chi connectivity index (χ1v) is 10.0. The molecule has 6 heteroatoms. The molecular weight excluding hydrogens is 364 g/mol. The van der Waals surface area contributed by atoms with E-state index >= 15 is 0 Å². The predicted octanol–water partition coefficient (Wildman–Crippen LogP) is 3.91. The molecule has 29 heavy (non-hydrogen) atoms. The van der Waals surface area contributed by atoms with E-state index in [1.807, 2.05) is 25.1 Å². The Morgan fingerprint density at radius 3 is 2.69 bits per heavy atom. The van der Waals surface area contributed by atoms with Crippen LogP contribution < -0.4 is 10.2 Å². The second-order valence-electron chi connectivity index (χ2n) is 7.28. The van der Waals surface area contributed by atoms with Crippen LogP contribution in [0.4, 0.5) is 5.69 Å². The minimum Gasteiger partial charge on any atom is -0.508 e. The van der Waals surface area contributed by atoms with E-state index in [4.69, 9.17) is 0 Å². The maximum atomic E-state index is 10.5. The van der Waals surface area contributed by atoms with Crippen molar-refractivity contribution in [2.45, 2.75) is 26.7 Å². The number of aromatic amines is 1. The zero-order chi connectivity index (χ0) is 20.8. The van der Waals surface area contributed by atoms with Gasteiger partial charge in [0, 0.05) is 37.8 Å². The summed E-state index contributed by atoms with van der Waals surface area (Å²) in [5.74, 6) is 0.137. The molecule has 154 valence electrons. The van der Waals surface area contributed by atoms with Crippen LogP contribution >= 0.6 is 0 Å². The van der Waals surface area contributed by atoms with Crippen LogP contribution in [0.1, 0.15) is 25.8 Å². The highest BCUT2D eigenvalue weighted by Crippen LogP contribution is 2.39. The van der Waals surface area contributed by atoms with Crippen molar-refractivity contribution in [3.8, 4) is 22.8 Å². The summed E-state index contributed by atoms with van der Waals surface area (Å²) in [4.78, 5) is 2.25. The molecule has 0 bridgehead atoms. The van der Waals surface area contributed by atoms with E-state index in [-0.39, 0.29) is 11.5 Å². The van der Waals surface area contributed by atoms with Gasteiger partial charge >= 0.3 is 0 Å². The third-order valence-electron chi connectivity index (χ3n) is 5.38. The fourth-order valence-electron chi connectivity index (χ4n) is 3.73. The maximum absolute atomic E-state index is 10.5. The van der Waals surface area contributed by atoms with Gasteiger partial charge in [-0.1, -0.05) is 24.8 Å². The van der Waals surface area contributed by atoms with Crippen molar-refractivity contribution in [2.24, 2.45) is 0 Å². The predicted molar refractivity (Wildman–Crippen MR) is 118 cm³/mol. The molecule has 1 aliphatic rings. The molecule has 4 N–H and O–H groups in total. The van der Waals surface area contributed by atoms with Crippen molar-refractivity contribution < 1.29 is 10.2 Å². The van der Waals surface area contributed by atoms with Gasteiger partial charge in [-0.15, -0.1) is 0 Å². The molecule has 1 aromatic carbocycles. The van der Waals surface area contributed by atoms with Crippen molar-refractivity contribution in [3.63, 3.8) is 0 Å². The number of hydrogen-bond donors (Lipinski definition) is 4. The number of nitrogens with one attached hydrogen (secondary N) is 2. The van der Waals surface area contributed by atoms with Crippen molar-refractivity contribution in [2.75, 3.05) is 31.1 Å². The van der Waals surface area contributed by atoms with Crippen LogP contribution in [0.25, 0.3) is 11.3 Å². The van der Waals surface area contributed by atoms with Gasteiger partial charge in [0.05, 0.1) is 17.6 Å². The first-order chi connectivity index (χ1) is 14.0. The van der Waals surface area contributed by atoms with Crippen LogP contribution in [0.5, 0.6) is 11.5 Å². The smallest absolute Gasteiger partial charge is 0.128 e. The first-order valence-electron chi connectivity index (χ1n) is 10.0. The van der Waals surface area contributed by atoms with Crippen molar-refractivity contribution in [1.82, 2.24) is 15.5 Å². The summed E-state index contributed by atoms with van der Waals surface area (Å²) in [6, 6.07) is 3.28. The van der Waals surface area contributed by atoms with Gasteiger partial charge in [0.2, 0.25) is 0 Å². The molecule has 2 aromatic rings. The Morgan fingerprint density at radius 1 is 1.24 bits per heavy atom. The Labute approximate surface area is 172 Å². The fraction of sp³-hybridized carbons (Fsp3) is 0.348. The lowest BCUT2D eigenvalue weighted by atomic mass is 9.97. The molecule has 3 rings (SSSR count). The summed E-state index contributed by atoms with van der Waals surface area (Å²) in [6.45, 7) is 11.6. The first kappa shape index (κ1) is 20.7. The molecule has 1 fully saturated rings. The van der Waals surface area contributed by atoms with E-state index in [0.29, 0.717) is 12.0 Å². The van der Waals surface area contributed by atoms with E-state index in [1.165, 1.54) is 6.07 Å². The third-order valence-corrected chi connectivity index (χ3v) is 5.38. The number of rotatable bonds is 7. The molecule has 6 nitrogen and oxygen atoms in total. The standard InChI is InChI=1S/C23H30N4O2/c1-4-6-16(3)17(5-2)7-8-18-13-19(22(29)14-21(18)28)23-20(15-25-26-23)27-11-9-24-10-12-27/h4-6,13-15,24,28-29H,2,7-12H2,1,3H3,(H,25,26)/b6-4-,17-16+. The number of aromatic nitrogens is 2. The molecule has 0 spiro atoms. The van der Waals surface area contributed by atoms with Crippen LogP contribution in [-0.4, -0.2) is 46.6 Å². The lowest BCUT2D eigenvalue weighted by Gasteiger charge is -2.29. The number of aryl methyl sites for hydroxylation is 1. The number of phenols is 2. The summed E-state index contributed by atoms with van der Waals surface area (Å²) in [5.41, 5.74) is 5.48. The second kappa shape index (κ2) is 9.47. The fourth-order valence-corrected chi connectivity index (χ4v) is 3.73. The van der Waals surface area contributed by atoms with Gasteiger partial charge in [0.1, 0.15) is 11.5 Å². The minimum absolute atomic E-state index is 0.0384. The molecule has 1 aliphatic heterocycles. The number of hydrogen-bond acceptors (Lipinski definition) is 5. The number of anilines is 1. The van der Waals surface area contributed by atoms with Crippen LogP contribution in [0.15, 0.2) is 54.3 Å². The average Bonchev–Trinajstić information content (AvgIpc) is 3.20. The number of allylic oxidation sites excluding steroid dienone is 5. The quantitative estimate of drug-likeness (QED) is 0.535. The van der Waals surface area contributed by atoms with Crippen LogP contribution in [0.2, 0.25) is 0 Å². The van der Waals surface area contributed by atoms with Gasteiger partial charge in [-0.2, -0.15) is 5.10 Å². The normalized spacial score (nSPS) is 15.6. The van der Waals surface area contributed by atoms with E-state index < -0.39 is 0 Å². The highest BCUT2D eigenvalue weighted by molar-refractivity contribution is 5.80. The van der Waals surface area contributed by atoms with Crippen LogP contribution in [0.3, 0.4) is 0 Å². The molecule has 1 saturated heterocycles. The number of H-pyrrole nitrogens is 1. The summed E-state index contributed by atoms with van der Waals surface area (Å²) in [6.07, 6.45) is 9.13. The number of nitrogens with zero attached hydrogens (tertiary/aromatic N) is 2. The average molecular weight is 395 g/mol. The lowest BCUT2D eigenvalue weighted by Crippen LogP contribution is -2.43. The topological polar surface area (TPSA) is 84.4 Å². The molecule has 0 saturated carbocycles. The minimum atomic E-state index is 0.0384. The van der Waals surface area contributed by atoms with E-state index in [0.717, 1.165) is 60.7 Å². The third kappa shape index (κ3) is 4.71. The monoisotopic (exact) mass is 394 g/mol. The molecule has 0 radical (unpaired) electrons. The Balaban J connectivity index is 1.90. The Kier molecular flexibility index (Phi) is 6.77. The molecule has 0 aliphatic carbocycles. The molecule has 0 amide bonds. The summed E-state index contributed by atoms with van der Waals surface area (Å²) < 4.78 is 0. The van der Waals surface area contributed by atoms with E-state index in [2.05, 4.69) is 40.0 Å². The maximum Gasteiger partial charge on any atom is 0.128 e. The SMILES string of the molecule is C=C/C(CCc1cc(-c2[nH]ncc2N2CCNCC2)c(O)cc1O)=C(C)\C=C/C. The molecule has 1 aromatic heterocycles. The summed E-state index contributed by atoms with van der Waals surface area (Å²) >= 11 is 0. The highest BCUT2D eigenvalue weighted by Gasteiger charge is 2.20. The molecule has 0 atom stereocenters. The number of benzene rings is 1. The van der Waals surface area contributed by atoms with Crippen molar-refractivity contribution in [3.05, 3.63) is 59.8 Å². The zero-order valence-corrected chi connectivity index (χ0v) is 17.2. The summed E-state index contributed by atoms with van der Waals surface area (Å²) in [7, 11) is 0. The van der Waals surface area contributed by atoms with Gasteiger partial charge in [-0.3, -0.25) is 5.10 Å². The number of piperazine rings is 1. The highest BCUT2D eigenvalue weighted by atomic mass is 16.3. The number of aromatic hydroxyl groups is 2. The molecule has 0 unspecified atom stereocenters. The van der Waals surface area contributed by atoms with Gasteiger partial charge in [0.15, 0.2) is 0 Å². The van der Waals surface area contributed by atoms with Gasteiger partial charge < -0.3 is 20.4 Å². The van der Waals surface area contributed by atoms with Crippen LogP contribution in [-0.2, 0) is 6.42 Å². The van der Waals surface area contributed by atoms with Gasteiger partial charge in [-0.05, 0) is 49.5 Å².